The fraction of sp³-hybridized carbons (Fsp3) is 0.105. The summed E-state index contributed by atoms with van der Waals surface area (Å²) >= 11 is 1.72. The van der Waals surface area contributed by atoms with Crippen LogP contribution in [0.4, 0.5) is 5.82 Å². The predicted molar refractivity (Wildman–Crippen MR) is 99.2 cm³/mol. The molecule has 118 valence electrons. The van der Waals surface area contributed by atoms with Gasteiger partial charge in [-0.15, -0.1) is 11.3 Å². The molecule has 0 radical (unpaired) electrons. The first-order valence-corrected chi connectivity index (χ1v) is 8.58. The summed E-state index contributed by atoms with van der Waals surface area (Å²) in [5, 5.41) is 5.51. The second-order valence-electron chi connectivity index (χ2n) is 5.49. The van der Waals surface area contributed by atoms with Gasteiger partial charge in [-0.05, 0) is 19.1 Å². The van der Waals surface area contributed by atoms with Crippen molar-refractivity contribution in [1.82, 2.24) is 15.0 Å². The van der Waals surface area contributed by atoms with Gasteiger partial charge < -0.3 is 5.32 Å². The molecule has 4 nitrogen and oxygen atoms in total. The Balaban J connectivity index is 1.59. The first-order chi connectivity index (χ1) is 11.8. The molecule has 5 heteroatoms. The van der Waals surface area contributed by atoms with Crippen molar-refractivity contribution in [3.8, 4) is 10.6 Å². The molecule has 0 fully saturated rings. The maximum absolute atomic E-state index is 4.70. The topological polar surface area (TPSA) is 50.7 Å². The molecule has 0 aliphatic rings. The number of nitrogens with one attached hydrogen (secondary N) is 1. The maximum atomic E-state index is 4.70. The van der Waals surface area contributed by atoms with Crippen LogP contribution in [0.1, 0.15) is 10.6 Å². The zero-order valence-corrected chi connectivity index (χ0v) is 14.0. The van der Waals surface area contributed by atoms with Crippen LogP contribution in [0.3, 0.4) is 0 Å². The van der Waals surface area contributed by atoms with Crippen molar-refractivity contribution < 1.29 is 0 Å². The minimum absolute atomic E-state index is 0.706. The van der Waals surface area contributed by atoms with Gasteiger partial charge in [0.1, 0.15) is 17.2 Å². The quantitative estimate of drug-likeness (QED) is 0.590. The zero-order valence-electron chi connectivity index (χ0n) is 13.2. The Hall–Kier alpha value is -2.79. The predicted octanol–water partition coefficient (Wildman–Crippen LogP) is 4.67. The van der Waals surface area contributed by atoms with E-state index in [4.69, 9.17) is 4.98 Å². The fourth-order valence-electron chi connectivity index (χ4n) is 2.61. The minimum atomic E-state index is 0.706. The number of aryl methyl sites for hydroxylation is 1. The third-order valence-corrected chi connectivity index (χ3v) is 5.08. The number of fused-ring (bicyclic) bond motifs is 1. The van der Waals surface area contributed by atoms with Crippen molar-refractivity contribution >= 4 is 28.1 Å². The summed E-state index contributed by atoms with van der Waals surface area (Å²) in [5.41, 5.74) is 3.16. The second kappa shape index (κ2) is 6.37. The highest BCUT2D eigenvalue weighted by Gasteiger charge is 2.10. The number of benzene rings is 2. The number of rotatable bonds is 4. The average Bonchev–Trinajstić information content (AvgIpc) is 3.01. The van der Waals surface area contributed by atoms with Gasteiger partial charge in [0, 0.05) is 15.8 Å². The number of thiazole rings is 1. The third kappa shape index (κ3) is 2.86. The number of hydrogen-bond acceptors (Lipinski definition) is 5. The standard InChI is InChI=1S/C19H16N4S/c1-13-17(24-19(23-13)14-7-3-2-4-8-14)11-20-18-15-9-5-6-10-16(15)21-12-22-18/h2-10,12H,11H2,1H3,(H,20,21,22). The van der Waals surface area contributed by atoms with Crippen molar-refractivity contribution in [1.29, 1.82) is 0 Å². The van der Waals surface area contributed by atoms with Crippen molar-refractivity contribution in [2.45, 2.75) is 13.5 Å². The van der Waals surface area contributed by atoms with Crippen LogP contribution < -0.4 is 5.32 Å². The van der Waals surface area contributed by atoms with Gasteiger partial charge in [0.25, 0.3) is 0 Å². The van der Waals surface area contributed by atoms with E-state index in [0.717, 1.165) is 33.0 Å². The van der Waals surface area contributed by atoms with Gasteiger partial charge in [-0.2, -0.15) is 0 Å². The van der Waals surface area contributed by atoms with E-state index in [1.807, 2.05) is 42.5 Å². The van der Waals surface area contributed by atoms with Crippen LogP contribution in [0, 0.1) is 6.92 Å². The lowest BCUT2D eigenvalue weighted by Crippen LogP contribution is -2.02. The minimum Gasteiger partial charge on any atom is -0.364 e. The molecule has 0 amide bonds. The molecule has 0 spiro atoms. The molecule has 0 aliphatic heterocycles. The van der Waals surface area contributed by atoms with Crippen molar-refractivity contribution in [3.05, 3.63) is 71.5 Å². The van der Waals surface area contributed by atoms with Crippen LogP contribution in [0.25, 0.3) is 21.5 Å². The molecular formula is C19H16N4S. The number of para-hydroxylation sites is 1. The van der Waals surface area contributed by atoms with E-state index in [1.54, 1.807) is 17.7 Å². The Bertz CT molecular complexity index is 974. The van der Waals surface area contributed by atoms with Gasteiger partial charge >= 0.3 is 0 Å². The third-order valence-electron chi connectivity index (χ3n) is 3.87. The Morgan fingerprint density at radius 3 is 2.62 bits per heavy atom. The molecule has 24 heavy (non-hydrogen) atoms. The Labute approximate surface area is 144 Å². The van der Waals surface area contributed by atoms with Crippen LogP contribution in [-0.4, -0.2) is 15.0 Å². The van der Waals surface area contributed by atoms with Crippen LogP contribution in [0.5, 0.6) is 0 Å². The van der Waals surface area contributed by atoms with E-state index >= 15 is 0 Å². The number of hydrogen-bond donors (Lipinski definition) is 1. The Kier molecular flexibility index (Phi) is 3.92. The first kappa shape index (κ1) is 14.8. The molecule has 2 aromatic carbocycles. The van der Waals surface area contributed by atoms with E-state index in [-0.39, 0.29) is 0 Å². The number of aromatic nitrogens is 3. The highest BCUT2D eigenvalue weighted by molar-refractivity contribution is 7.15. The molecule has 0 saturated carbocycles. The van der Waals surface area contributed by atoms with Gasteiger partial charge in [-0.1, -0.05) is 42.5 Å². The molecule has 4 rings (SSSR count). The van der Waals surface area contributed by atoms with E-state index in [0.29, 0.717) is 6.54 Å². The summed E-state index contributed by atoms with van der Waals surface area (Å²) in [6.07, 6.45) is 1.60. The molecule has 1 N–H and O–H groups in total. The summed E-state index contributed by atoms with van der Waals surface area (Å²) in [7, 11) is 0. The molecule has 0 unspecified atom stereocenters. The van der Waals surface area contributed by atoms with Gasteiger partial charge in [0.15, 0.2) is 0 Å². The van der Waals surface area contributed by atoms with Crippen molar-refractivity contribution in [3.63, 3.8) is 0 Å². The molecular weight excluding hydrogens is 316 g/mol. The molecule has 4 aromatic rings. The largest absolute Gasteiger partial charge is 0.364 e. The lowest BCUT2D eigenvalue weighted by atomic mass is 10.2. The smallest absolute Gasteiger partial charge is 0.137 e. The molecule has 2 heterocycles. The maximum Gasteiger partial charge on any atom is 0.137 e. The van der Waals surface area contributed by atoms with Gasteiger partial charge in [0.05, 0.1) is 17.8 Å². The summed E-state index contributed by atoms with van der Waals surface area (Å²) in [4.78, 5) is 14.6. The van der Waals surface area contributed by atoms with Crippen LogP contribution in [0.2, 0.25) is 0 Å². The highest BCUT2D eigenvalue weighted by atomic mass is 32.1. The van der Waals surface area contributed by atoms with E-state index in [1.165, 1.54) is 4.88 Å². The highest BCUT2D eigenvalue weighted by Crippen LogP contribution is 2.28. The number of nitrogens with zero attached hydrogens (tertiary/aromatic N) is 3. The summed E-state index contributed by atoms with van der Waals surface area (Å²) < 4.78 is 0. The monoisotopic (exact) mass is 332 g/mol. The molecule has 0 bridgehead atoms. The lowest BCUT2D eigenvalue weighted by molar-refractivity contribution is 1.09. The first-order valence-electron chi connectivity index (χ1n) is 7.76. The van der Waals surface area contributed by atoms with E-state index < -0.39 is 0 Å². The summed E-state index contributed by atoms with van der Waals surface area (Å²) in [6.45, 7) is 2.76. The van der Waals surface area contributed by atoms with Crippen LogP contribution >= 0.6 is 11.3 Å². The normalized spacial score (nSPS) is 10.9. The van der Waals surface area contributed by atoms with Crippen LogP contribution in [0.15, 0.2) is 60.9 Å². The van der Waals surface area contributed by atoms with Crippen LogP contribution in [-0.2, 0) is 6.54 Å². The Morgan fingerprint density at radius 2 is 1.75 bits per heavy atom. The van der Waals surface area contributed by atoms with E-state index in [9.17, 15) is 0 Å². The molecule has 0 saturated heterocycles. The molecule has 0 atom stereocenters. The van der Waals surface area contributed by atoms with E-state index in [2.05, 4.69) is 34.3 Å². The average molecular weight is 332 g/mol. The summed E-state index contributed by atoms with van der Waals surface area (Å²) in [5.74, 6) is 0.856. The fourth-order valence-corrected chi connectivity index (χ4v) is 3.61. The summed E-state index contributed by atoms with van der Waals surface area (Å²) in [6, 6.07) is 18.3. The lowest BCUT2D eigenvalue weighted by Gasteiger charge is -2.07. The van der Waals surface area contributed by atoms with Crippen molar-refractivity contribution in [2.75, 3.05) is 5.32 Å². The second-order valence-corrected chi connectivity index (χ2v) is 6.57. The zero-order chi connectivity index (χ0) is 16.4. The van der Waals surface area contributed by atoms with Crippen molar-refractivity contribution in [2.24, 2.45) is 0 Å². The van der Waals surface area contributed by atoms with Gasteiger partial charge in [-0.25, -0.2) is 15.0 Å². The van der Waals surface area contributed by atoms with Gasteiger partial charge in [0.2, 0.25) is 0 Å². The SMILES string of the molecule is Cc1nc(-c2ccccc2)sc1CNc1ncnc2ccccc12. The Morgan fingerprint density at radius 1 is 0.958 bits per heavy atom. The number of anilines is 1. The van der Waals surface area contributed by atoms with Gasteiger partial charge in [-0.3, -0.25) is 0 Å². The molecule has 0 aliphatic carbocycles. The molecule has 2 aromatic heterocycles.